The summed E-state index contributed by atoms with van der Waals surface area (Å²) >= 11 is 1.49. The van der Waals surface area contributed by atoms with Crippen molar-refractivity contribution >= 4 is 17.1 Å². The van der Waals surface area contributed by atoms with Crippen LogP contribution in [0.5, 0.6) is 5.75 Å². The molecule has 19 heavy (non-hydrogen) atoms. The summed E-state index contributed by atoms with van der Waals surface area (Å²) in [6.45, 7) is 1.11. The van der Waals surface area contributed by atoms with Gasteiger partial charge >= 0.3 is 0 Å². The molecule has 100 valence electrons. The van der Waals surface area contributed by atoms with Gasteiger partial charge in [0.25, 0.3) is 0 Å². The van der Waals surface area contributed by atoms with Crippen molar-refractivity contribution in [2.24, 2.45) is 0 Å². The second-order valence-corrected chi connectivity index (χ2v) is 5.33. The summed E-state index contributed by atoms with van der Waals surface area (Å²) in [5.41, 5.74) is 1.09. The highest BCUT2D eigenvalue weighted by Gasteiger charge is 2.12. The van der Waals surface area contributed by atoms with Crippen LogP contribution in [0.25, 0.3) is 0 Å². The molecule has 3 nitrogen and oxygen atoms in total. The van der Waals surface area contributed by atoms with Crippen molar-refractivity contribution in [2.45, 2.75) is 6.54 Å². The molecule has 0 N–H and O–H groups in total. The molecule has 0 atom stereocenters. The van der Waals surface area contributed by atoms with Crippen molar-refractivity contribution in [1.82, 2.24) is 4.90 Å². The molecular weight excluding hydrogens is 258 g/mol. The van der Waals surface area contributed by atoms with Gasteiger partial charge in [0.05, 0.1) is 18.5 Å². The zero-order valence-corrected chi connectivity index (χ0v) is 11.9. The number of Topliss-reactive ketones (excluding diaryl/α,β-unsaturated/α-hetero) is 1. The maximum atomic E-state index is 12.0. The number of nitrogens with zero attached hydrogens (tertiary/aromatic N) is 1. The molecule has 0 saturated heterocycles. The number of methoxy groups -OCH3 is 1. The molecule has 2 rings (SSSR count). The van der Waals surface area contributed by atoms with E-state index in [0.717, 1.165) is 16.2 Å². The molecule has 0 aliphatic carbocycles. The van der Waals surface area contributed by atoms with Gasteiger partial charge in [0, 0.05) is 12.1 Å². The predicted molar refractivity (Wildman–Crippen MR) is 78.0 cm³/mol. The van der Waals surface area contributed by atoms with Crippen molar-refractivity contribution in [3.63, 3.8) is 0 Å². The van der Waals surface area contributed by atoms with E-state index in [9.17, 15) is 4.79 Å². The van der Waals surface area contributed by atoms with Crippen molar-refractivity contribution in [1.29, 1.82) is 0 Å². The molecule has 0 aliphatic heterocycles. The Morgan fingerprint density at radius 2 is 2.05 bits per heavy atom. The SMILES string of the molecule is COc1ccccc1CN(C)CC(=O)c1cccs1. The smallest absolute Gasteiger partial charge is 0.186 e. The van der Waals surface area contributed by atoms with Gasteiger partial charge in [-0.15, -0.1) is 11.3 Å². The minimum atomic E-state index is 0.160. The van der Waals surface area contributed by atoms with E-state index in [1.165, 1.54) is 11.3 Å². The van der Waals surface area contributed by atoms with Crippen LogP contribution < -0.4 is 4.74 Å². The zero-order valence-electron chi connectivity index (χ0n) is 11.1. The Balaban J connectivity index is 1.97. The number of rotatable bonds is 6. The van der Waals surface area contributed by atoms with E-state index < -0.39 is 0 Å². The number of carbonyl (C=O) groups excluding carboxylic acids is 1. The summed E-state index contributed by atoms with van der Waals surface area (Å²) in [5.74, 6) is 1.02. The Hall–Kier alpha value is -1.65. The Labute approximate surface area is 117 Å². The van der Waals surface area contributed by atoms with Gasteiger partial charge in [0.15, 0.2) is 5.78 Å². The molecule has 0 amide bonds. The van der Waals surface area contributed by atoms with Crippen LogP contribution in [0, 0.1) is 0 Å². The number of ether oxygens (including phenoxy) is 1. The molecule has 0 aliphatic rings. The van der Waals surface area contributed by atoms with Gasteiger partial charge in [-0.3, -0.25) is 9.69 Å². The summed E-state index contributed by atoms with van der Waals surface area (Å²) in [6, 6.07) is 11.6. The van der Waals surface area contributed by atoms with Crippen LogP contribution >= 0.6 is 11.3 Å². The van der Waals surface area contributed by atoms with Crippen molar-refractivity contribution in [2.75, 3.05) is 20.7 Å². The Bertz CT molecular complexity index is 537. The van der Waals surface area contributed by atoms with Gasteiger partial charge in [0.1, 0.15) is 5.75 Å². The number of hydrogen-bond acceptors (Lipinski definition) is 4. The highest BCUT2D eigenvalue weighted by Crippen LogP contribution is 2.19. The summed E-state index contributed by atoms with van der Waals surface area (Å²) in [7, 11) is 3.60. The molecule has 4 heteroatoms. The molecule has 1 heterocycles. The Morgan fingerprint density at radius 3 is 2.74 bits per heavy atom. The van der Waals surface area contributed by atoms with Crippen LogP contribution in [-0.2, 0) is 6.54 Å². The highest BCUT2D eigenvalue weighted by molar-refractivity contribution is 7.12. The number of thiophene rings is 1. The monoisotopic (exact) mass is 275 g/mol. The molecule has 2 aromatic rings. The van der Waals surface area contributed by atoms with Crippen LogP contribution in [0.3, 0.4) is 0 Å². The van der Waals surface area contributed by atoms with Crippen LogP contribution in [0.1, 0.15) is 15.2 Å². The molecule has 0 radical (unpaired) electrons. The number of ketones is 1. The fraction of sp³-hybridized carbons (Fsp3) is 0.267. The van der Waals surface area contributed by atoms with Gasteiger partial charge in [-0.05, 0) is 24.6 Å². The van der Waals surface area contributed by atoms with Gasteiger partial charge < -0.3 is 4.74 Å². The number of para-hydroxylation sites is 1. The molecule has 0 fully saturated rings. The minimum absolute atomic E-state index is 0.160. The lowest BCUT2D eigenvalue weighted by molar-refractivity contribution is 0.0946. The third-order valence-electron chi connectivity index (χ3n) is 2.84. The second-order valence-electron chi connectivity index (χ2n) is 4.38. The van der Waals surface area contributed by atoms with E-state index in [1.807, 2.05) is 53.7 Å². The van der Waals surface area contributed by atoms with E-state index >= 15 is 0 Å². The summed E-state index contributed by atoms with van der Waals surface area (Å²) in [5, 5.41) is 1.92. The lowest BCUT2D eigenvalue weighted by atomic mass is 10.2. The lowest BCUT2D eigenvalue weighted by Crippen LogP contribution is -2.25. The second kappa shape index (κ2) is 6.50. The molecule has 0 saturated carbocycles. The van der Waals surface area contributed by atoms with E-state index in [1.54, 1.807) is 7.11 Å². The van der Waals surface area contributed by atoms with Crippen LogP contribution in [0.2, 0.25) is 0 Å². The average molecular weight is 275 g/mol. The zero-order chi connectivity index (χ0) is 13.7. The van der Waals surface area contributed by atoms with Gasteiger partial charge in [-0.2, -0.15) is 0 Å². The fourth-order valence-electron chi connectivity index (χ4n) is 1.94. The van der Waals surface area contributed by atoms with Crippen molar-refractivity contribution < 1.29 is 9.53 Å². The van der Waals surface area contributed by atoms with Crippen molar-refractivity contribution in [3.05, 3.63) is 52.2 Å². The Morgan fingerprint density at radius 1 is 1.26 bits per heavy atom. The normalized spacial score (nSPS) is 10.7. The molecular formula is C15H17NO2S. The van der Waals surface area contributed by atoms with Gasteiger partial charge in [0.2, 0.25) is 0 Å². The quantitative estimate of drug-likeness (QED) is 0.759. The number of carbonyl (C=O) groups is 1. The first kappa shape index (κ1) is 13.8. The summed E-state index contributed by atoms with van der Waals surface area (Å²) in [6.07, 6.45) is 0. The maximum Gasteiger partial charge on any atom is 0.186 e. The standard InChI is InChI=1S/C15H17NO2S/c1-16(11-13(17)15-8-5-9-19-15)10-12-6-3-4-7-14(12)18-2/h3-9H,10-11H2,1-2H3. The topological polar surface area (TPSA) is 29.5 Å². The highest BCUT2D eigenvalue weighted by atomic mass is 32.1. The van der Waals surface area contributed by atoms with E-state index in [-0.39, 0.29) is 5.78 Å². The maximum absolute atomic E-state index is 12.0. The Kier molecular flexibility index (Phi) is 4.71. The third-order valence-corrected chi connectivity index (χ3v) is 3.75. The first-order valence-corrected chi connectivity index (χ1v) is 6.96. The molecule has 0 bridgehead atoms. The summed E-state index contributed by atoms with van der Waals surface area (Å²) in [4.78, 5) is 14.8. The molecule has 1 aromatic heterocycles. The first-order valence-electron chi connectivity index (χ1n) is 6.08. The van der Waals surface area contributed by atoms with E-state index in [0.29, 0.717) is 13.1 Å². The van der Waals surface area contributed by atoms with E-state index in [4.69, 9.17) is 4.74 Å². The van der Waals surface area contributed by atoms with Gasteiger partial charge in [-0.1, -0.05) is 24.3 Å². The minimum Gasteiger partial charge on any atom is -0.496 e. The van der Waals surface area contributed by atoms with Crippen molar-refractivity contribution in [3.8, 4) is 5.75 Å². The molecule has 0 unspecified atom stereocenters. The first-order chi connectivity index (χ1) is 9.20. The van der Waals surface area contributed by atoms with Crippen LogP contribution in [-0.4, -0.2) is 31.4 Å². The largest absolute Gasteiger partial charge is 0.496 e. The predicted octanol–water partition coefficient (Wildman–Crippen LogP) is 3.07. The summed E-state index contributed by atoms with van der Waals surface area (Å²) < 4.78 is 5.31. The number of benzene rings is 1. The third kappa shape index (κ3) is 3.66. The molecule has 1 aromatic carbocycles. The molecule has 0 spiro atoms. The average Bonchev–Trinajstić information content (AvgIpc) is 2.93. The lowest BCUT2D eigenvalue weighted by Gasteiger charge is -2.17. The van der Waals surface area contributed by atoms with E-state index in [2.05, 4.69) is 0 Å². The fourth-order valence-corrected chi connectivity index (χ4v) is 2.60. The van der Waals surface area contributed by atoms with Gasteiger partial charge in [-0.25, -0.2) is 0 Å². The van der Waals surface area contributed by atoms with Crippen LogP contribution in [0.4, 0.5) is 0 Å². The van der Waals surface area contributed by atoms with Crippen LogP contribution in [0.15, 0.2) is 41.8 Å². The number of likely N-dealkylation sites (N-methyl/N-ethyl adjacent to an activating group) is 1. The number of hydrogen-bond donors (Lipinski definition) is 0.